The van der Waals surface area contributed by atoms with Gasteiger partial charge in [0, 0.05) is 60.3 Å². The van der Waals surface area contributed by atoms with Crippen LogP contribution in [0.4, 0.5) is 0 Å². The number of hydrogen-bond donors (Lipinski definition) is 1. The number of ether oxygens (including phenoxy) is 2. The van der Waals surface area contributed by atoms with Crippen LogP contribution in [0.3, 0.4) is 0 Å². The van der Waals surface area contributed by atoms with Gasteiger partial charge in [0.25, 0.3) is 0 Å². The van der Waals surface area contributed by atoms with E-state index in [2.05, 4.69) is 0 Å². The molecule has 2 rings (SSSR count). The van der Waals surface area contributed by atoms with Gasteiger partial charge in [-0.05, 0) is 46.6 Å². The van der Waals surface area contributed by atoms with E-state index < -0.39 is 48.0 Å². The zero-order valence-electron chi connectivity index (χ0n) is 29.2. The Balaban J connectivity index is 2.65. The highest BCUT2D eigenvalue weighted by Gasteiger charge is 2.38. The van der Waals surface area contributed by atoms with Gasteiger partial charge >= 0.3 is 11.9 Å². The Kier molecular flexibility index (Phi) is 13.2. The van der Waals surface area contributed by atoms with E-state index in [4.69, 9.17) is 18.3 Å². The van der Waals surface area contributed by atoms with Crippen molar-refractivity contribution in [2.75, 3.05) is 0 Å². The smallest absolute Gasteiger partial charge is 0.303 e. The predicted octanol–water partition coefficient (Wildman–Crippen LogP) is 6.62. The Morgan fingerprint density at radius 3 is 1.73 bits per heavy atom. The monoisotopic (exact) mass is 628 g/mol. The highest BCUT2D eigenvalue weighted by atomic mass is 16.6. The molecule has 0 fully saturated rings. The fraction of sp³-hybridized carbons (Fsp3) is 0.611. The molecule has 9 heteroatoms. The first-order chi connectivity index (χ1) is 20.9. The van der Waals surface area contributed by atoms with Crippen LogP contribution in [0.1, 0.15) is 132 Å². The number of aliphatic hydroxyl groups is 1. The summed E-state index contributed by atoms with van der Waals surface area (Å²) in [7, 11) is 0. The molecule has 1 N–H and O–H groups in total. The van der Waals surface area contributed by atoms with Crippen LogP contribution in [0.2, 0.25) is 0 Å². The number of hydrogen-bond acceptors (Lipinski definition) is 9. The van der Waals surface area contributed by atoms with Crippen LogP contribution >= 0.6 is 0 Å². The summed E-state index contributed by atoms with van der Waals surface area (Å²) in [6, 6.07) is 0. The summed E-state index contributed by atoms with van der Waals surface area (Å²) in [5.74, 6) is -1.03. The van der Waals surface area contributed by atoms with E-state index in [1.165, 1.54) is 13.8 Å². The molecule has 250 valence electrons. The molecule has 0 aliphatic carbocycles. The largest absolute Gasteiger partial charge is 0.465 e. The predicted molar refractivity (Wildman–Crippen MR) is 174 cm³/mol. The molecule has 0 aliphatic rings. The minimum atomic E-state index is -0.822. The van der Waals surface area contributed by atoms with Crippen LogP contribution in [-0.4, -0.2) is 35.4 Å². The normalized spacial score (nSPS) is 16.7. The summed E-state index contributed by atoms with van der Waals surface area (Å²) in [6.45, 7) is 22.4. The molecule has 0 saturated heterocycles. The molecular weight excluding hydrogens is 576 g/mol. The lowest BCUT2D eigenvalue weighted by Crippen LogP contribution is -2.40. The lowest BCUT2D eigenvalue weighted by Gasteiger charge is -2.34. The van der Waals surface area contributed by atoms with Crippen LogP contribution in [0.15, 0.2) is 30.1 Å². The van der Waals surface area contributed by atoms with E-state index in [1.807, 2.05) is 54.5 Å². The number of aliphatic hydroxyl groups excluding tert-OH is 1. The van der Waals surface area contributed by atoms with Crippen molar-refractivity contribution < 1.29 is 33.0 Å². The molecule has 2 heterocycles. The number of carbonyl (C=O) groups excluding carboxylic acids is 2. The summed E-state index contributed by atoms with van der Waals surface area (Å²) in [5, 5.41) is 10.5. The SMILES string of the molecule is CCc1oc([C@H](C)[C@H](OC(C)=O)[C@@H](C)[C@@H](OC(C)=O)C(C)=C[C@H](C)c2oc([C@@H](C)[C@@H](O)CC)c(C)c(=O)c2C)c(C)c(=O)c1C. The van der Waals surface area contributed by atoms with Crippen molar-refractivity contribution in [2.24, 2.45) is 5.92 Å². The van der Waals surface area contributed by atoms with Gasteiger partial charge in [0.2, 0.25) is 0 Å². The van der Waals surface area contributed by atoms with Crippen molar-refractivity contribution in [3.05, 3.63) is 77.4 Å². The maximum absolute atomic E-state index is 13.2. The maximum Gasteiger partial charge on any atom is 0.303 e. The topological polar surface area (TPSA) is 133 Å². The first-order valence-corrected chi connectivity index (χ1v) is 15.9. The second-order valence-electron chi connectivity index (χ2n) is 12.4. The molecule has 0 saturated carbocycles. The third-order valence-electron chi connectivity index (χ3n) is 8.94. The second-order valence-corrected chi connectivity index (χ2v) is 12.4. The van der Waals surface area contributed by atoms with Crippen LogP contribution in [0.25, 0.3) is 0 Å². The number of allylic oxidation sites excluding steroid dienone is 1. The van der Waals surface area contributed by atoms with Gasteiger partial charge in [-0.25, -0.2) is 0 Å². The van der Waals surface area contributed by atoms with Gasteiger partial charge in [0.1, 0.15) is 35.2 Å². The highest BCUT2D eigenvalue weighted by Crippen LogP contribution is 2.35. The van der Waals surface area contributed by atoms with Crippen LogP contribution in [0.5, 0.6) is 0 Å². The minimum Gasteiger partial charge on any atom is -0.465 e. The van der Waals surface area contributed by atoms with E-state index in [0.29, 0.717) is 63.7 Å². The molecule has 0 spiro atoms. The average molecular weight is 629 g/mol. The van der Waals surface area contributed by atoms with Gasteiger partial charge in [0.05, 0.1) is 12.0 Å². The fourth-order valence-corrected chi connectivity index (χ4v) is 6.29. The Bertz CT molecular complexity index is 1530. The van der Waals surface area contributed by atoms with Gasteiger partial charge in [0.15, 0.2) is 10.9 Å². The molecule has 9 nitrogen and oxygen atoms in total. The Labute approximate surface area is 267 Å². The van der Waals surface area contributed by atoms with Gasteiger partial charge in [-0.15, -0.1) is 0 Å². The van der Waals surface area contributed by atoms with Gasteiger partial charge in [-0.2, -0.15) is 0 Å². The Morgan fingerprint density at radius 1 is 0.756 bits per heavy atom. The Hall–Kier alpha value is -3.46. The quantitative estimate of drug-likeness (QED) is 0.192. The first-order valence-electron chi connectivity index (χ1n) is 15.9. The highest BCUT2D eigenvalue weighted by molar-refractivity contribution is 5.67. The molecule has 0 aliphatic heterocycles. The molecule has 45 heavy (non-hydrogen) atoms. The fourth-order valence-electron chi connectivity index (χ4n) is 6.29. The molecule has 0 unspecified atom stereocenters. The van der Waals surface area contributed by atoms with Crippen molar-refractivity contribution in [2.45, 2.75) is 139 Å². The Morgan fingerprint density at radius 2 is 1.24 bits per heavy atom. The summed E-state index contributed by atoms with van der Waals surface area (Å²) >= 11 is 0. The molecule has 0 radical (unpaired) electrons. The van der Waals surface area contributed by atoms with Crippen LogP contribution < -0.4 is 10.9 Å². The first kappa shape index (κ1) is 37.7. The van der Waals surface area contributed by atoms with Crippen molar-refractivity contribution in [3.63, 3.8) is 0 Å². The van der Waals surface area contributed by atoms with E-state index in [0.717, 1.165) is 0 Å². The average Bonchev–Trinajstić information content (AvgIpc) is 2.98. The molecule has 0 bridgehead atoms. The number of carbonyl (C=O) groups is 2. The maximum atomic E-state index is 13.2. The van der Waals surface area contributed by atoms with Crippen LogP contribution in [0, 0.1) is 33.6 Å². The minimum absolute atomic E-state index is 0.120. The second kappa shape index (κ2) is 15.7. The lowest BCUT2D eigenvalue weighted by molar-refractivity contribution is -0.157. The van der Waals surface area contributed by atoms with E-state index in [9.17, 15) is 24.3 Å². The summed E-state index contributed by atoms with van der Waals surface area (Å²) in [5.41, 5.74) is 2.32. The van der Waals surface area contributed by atoms with Gasteiger partial charge < -0.3 is 23.4 Å². The zero-order chi connectivity index (χ0) is 34.5. The third kappa shape index (κ3) is 8.43. The standard InChI is InChI=1S/C36H52O9/c1-14-28(39)19(5)34-23(9)31(41)21(7)32(45-34)17(3)16-18(4)33(42-26(12)37)24(10)36(43-27(13)38)25(11)35-22(8)30(40)20(6)29(15-2)44-35/h16-17,19,24-25,28,33,36,39H,14-15H2,1-13H3/t17-,19-,24-,25-,28-,33-,36+/m0/s1. The van der Waals surface area contributed by atoms with E-state index in [-0.39, 0.29) is 16.8 Å². The summed E-state index contributed by atoms with van der Waals surface area (Å²) < 4.78 is 24.2. The molecule has 2 aromatic rings. The zero-order valence-corrected chi connectivity index (χ0v) is 29.2. The molecule has 7 atom stereocenters. The molecular formula is C36H52O9. The van der Waals surface area contributed by atoms with Crippen molar-refractivity contribution in [1.82, 2.24) is 0 Å². The van der Waals surface area contributed by atoms with Gasteiger partial charge in [-0.3, -0.25) is 19.2 Å². The van der Waals surface area contributed by atoms with Crippen molar-refractivity contribution >= 4 is 11.9 Å². The number of esters is 2. The lowest BCUT2D eigenvalue weighted by atomic mass is 9.83. The molecule has 2 aromatic heterocycles. The van der Waals surface area contributed by atoms with Crippen molar-refractivity contribution in [1.29, 1.82) is 0 Å². The number of rotatable bonds is 13. The van der Waals surface area contributed by atoms with Crippen molar-refractivity contribution in [3.8, 4) is 0 Å². The summed E-state index contributed by atoms with van der Waals surface area (Å²) in [6.07, 6.45) is 0.602. The van der Waals surface area contributed by atoms with E-state index in [1.54, 1.807) is 27.7 Å². The van der Waals surface area contributed by atoms with E-state index >= 15 is 0 Å². The number of aryl methyl sites for hydroxylation is 1. The van der Waals surface area contributed by atoms with Crippen LogP contribution in [-0.2, 0) is 25.5 Å². The molecule has 0 aromatic carbocycles. The third-order valence-corrected chi connectivity index (χ3v) is 8.94. The summed E-state index contributed by atoms with van der Waals surface area (Å²) in [4.78, 5) is 51.0. The van der Waals surface area contributed by atoms with Gasteiger partial charge in [-0.1, -0.05) is 47.6 Å². The molecule has 0 amide bonds.